The van der Waals surface area contributed by atoms with Crippen LogP contribution in [0.3, 0.4) is 0 Å². The first-order chi connectivity index (χ1) is 18.0. The van der Waals surface area contributed by atoms with Crippen LogP contribution in [0.15, 0.2) is 60.7 Å². The van der Waals surface area contributed by atoms with Gasteiger partial charge in [-0.1, -0.05) is 59.6 Å². The number of piperidine rings is 1. The third-order valence-corrected chi connectivity index (χ3v) is 8.56. The minimum atomic E-state index is -0.110. The molecule has 0 amide bonds. The van der Waals surface area contributed by atoms with Crippen LogP contribution in [-0.2, 0) is 5.41 Å². The minimum Gasteiger partial charge on any atom is -0.464 e. The predicted molar refractivity (Wildman–Crippen MR) is 148 cm³/mol. The number of aromatic nitrogens is 2. The van der Waals surface area contributed by atoms with Gasteiger partial charge in [-0.05, 0) is 85.6 Å². The van der Waals surface area contributed by atoms with E-state index in [1.54, 1.807) is 12.1 Å². The minimum absolute atomic E-state index is 0.110. The standard InChI is InChI=1S/C30H28Cl2N4O/c31-25-15-27-28(16-26(25)32)35-29(34-27)37-19-30(10-12-36(13-11-30)18-20-4-5-20)24-8-6-22(7-9-24)23-3-1-2-21(14-23)17-33/h1-3,6-9,14-16,20H,4-5,10-13,18-19H2,(H,34,35). The Kier molecular flexibility index (Phi) is 6.58. The summed E-state index contributed by atoms with van der Waals surface area (Å²) in [5.74, 6) is 0.890. The van der Waals surface area contributed by atoms with Gasteiger partial charge in [-0.15, -0.1) is 0 Å². The molecule has 0 atom stereocenters. The van der Waals surface area contributed by atoms with Gasteiger partial charge in [-0.25, -0.2) is 0 Å². The summed E-state index contributed by atoms with van der Waals surface area (Å²) in [5, 5.41) is 10.2. The molecular formula is C30H28Cl2N4O. The van der Waals surface area contributed by atoms with Gasteiger partial charge >= 0.3 is 0 Å². The Balaban J connectivity index is 1.25. The lowest BCUT2D eigenvalue weighted by molar-refractivity contribution is 0.105. The summed E-state index contributed by atoms with van der Waals surface area (Å²) >= 11 is 12.4. The summed E-state index contributed by atoms with van der Waals surface area (Å²) in [6.07, 6.45) is 4.81. The Bertz CT molecular complexity index is 1420. The molecule has 4 aromatic rings. The molecule has 1 aliphatic carbocycles. The molecule has 0 bridgehead atoms. The number of nitrogens with one attached hydrogen (secondary N) is 1. The Morgan fingerprint density at radius 2 is 1.76 bits per heavy atom. The first kappa shape index (κ1) is 24.3. The molecule has 5 nitrogen and oxygen atoms in total. The van der Waals surface area contributed by atoms with Crippen LogP contribution in [0.25, 0.3) is 22.2 Å². The van der Waals surface area contributed by atoms with E-state index in [0.717, 1.165) is 54.0 Å². The van der Waals surface area contributed by atoms with Crippen molar-refractivity contribution in [3.05, 3.63) is 81.8 Å². The average molecular weight is 531 g/mol. The summed E-state index contributed by atoms with van der Waals surface area (Å²) in [6, 6.07) is 22.8. The summed E-state index contributed by atoms with van der Waals surface area (Å²) in [7, 11) is 0. The first-order valence-electron chi connectivity index (χ1n) is 12.8. The van der Waals surface area contributed by atoms with Crippen LogP contribution < -0.4 is 4.74 Å². The quantitative estimate of drug-likeness (QED) is 0.273. The number of fused-ring (bicyclic) bond motifs is 1. The normalized spacial score (nSPS) is 17.5. The van der Waals surface area contributed by atoms with Crippen molar-refractivity contribution in [3.63, 3.8) is 0 Å². The zero-order valence-corrected chi connectivity index (χ0v) is 22.0. The number of halogens is 2. The molecule has 1 aromatic heterocycles. The van der Waals surface area contributed by atoms with Gasteiger partial charge < -0.3 is 14.6 Å². The topological polar surface area (TPSA) is 64.9 Å². The van der Waals surface area contributed by atoms with Crippen LogP contribution in [0.1, 0.15) is 36.8 Å². The van der Waals surface area contributed by atoms with E-state index in [1.165, 1.54) is 24.9 Å². The second-order valence-electron chi connectivity index (χ2n) is 10.4. The number of rotatable bonds is 7. The van der Waals surface area contributed by atoms with Crippen LogP contribution in [0, 0.1) is 17.2 Å². The van der Waals surface area contributed by atoms with E-state index < -0.39 is 0 Å². The smallest absolute Gasteiger partial charge is 0.294 e. The van der Waals surface area contributed by atoms with Gasteiger partial charge in [0.1, 0.15) is 6.61 Å². The number of nitriles is 1. The third-order valence-electron chi connectivity index (χ3n) is 7.84. The highest BCUT2D eigenvalue weighted by atomic mass is 35.5. The molecular weight excluding hydrogens is 503 g/mol. The Morgan fingerprint density at radius 3 is 2.49 bits per heavy atom. The van der Waals surface area contributed by atoms with Gasteiger partial charge in [0, 0.05) is 12.0 Å². The predicted octanol–water partition coefficient (Wildman–Crippen LogP) is 7.23. The monoisotopic (exact) mass is 530 g/mol. The molecule has 2 heterocycles. The lowest BCUT2D eigenvalue weighted by Gasteiger charge is -2.42. The zero-order valence-electron chi connectivity index (χ0n) is 20.5. The Hall–Kier alpha value is -3.04. The number of ether oxygens (including phenoxy) is 1. The maximum absolute atomic E-state index is 9.27. The van der Waals surface area contributed by atoms with Crippen LogP contribution in [0.5, 0.6) is 6.01 Å². The molecule has 2 fully saturated rings. The molecule has 2 aliphatic rings. The number of H-pyrrole nitrogens is 1. The van der Waals surface area contributed by atoms with Crippen molar-refractivity contribution in [3.8, 4) is 23.2 Å². The highest BCUT2D eigenvalue weighted by Gasteiger charge is 2.38. The van der Waals surface area contributed by atoms with Gasteiger partial charge in [0.05, 0.1) is 32.7 Å². The summed E-state index contributed by atoms with van der Waals surface area (Å²) in [6.45, 7) is 3.89. The van der Waals surface area contributed by atoms with Crippen molar-refractivity contribution < 1.29 is 4.74 Å². The summed E-state index contributed by atoms with van der Waals surface area (Å²) in [4.78, 5) is 10.5. The van der Waals surface area contributed by atoms with E-state index in [2.05, 4.69) is 45.2 Å². The molecule has 0 unspecified atom stereocenters. The first-order valence-corrected chi connectivity index (χ1v) is 13.6. The lowest BCUT2D eigenvalue weighted by Crippen LogP contribution is -2.46. The molecule has 1 saturated carbocycles. The molecule has 37 heavy (non-hydrogen) atoms. The molecule has 0 spiro atoms. The van der Waals surface area contributed by atoms with E-state index >= 15 is 0 Å². The fourth-order valence-electron chi connectivity index (χ4n) is 5.39. The highest BCUT2D eigenvalue weighted by Crippen LogP contribution is 2.39. The maximum atomic E-state index is 9.27. The van der Waals surface area contributed by atoms with Gasteiger partial charge in [-0.3, -0.25) is 0 Å². The van der Waals surface area contributed by atoms with Crippen molar-refractivity contribution in [2.24, 2.45) is 5.92 Å². The van der Waals surface area contributed by atoms with Crippen molar-refractivity contribution in [2.45, 2.75) is 31.1 Å². The van der Waals surface area contributed by atoms with Crippen molar-refractivity contribution in [1.82, 2.24) is 14.9 Å². The fraction of sp³-hybridized carbons (Fsp3) is 0.333. The molecule has 1 saturated heterocycles. The lowest BCUT2D eigenvalue weighted by atomic mass is 9.73. The molecule has 0 radical (unpaired) electrons. The van der Waals surface area contributed by atoms with E-state index in [4.69, 9.17) is 27.9 Å². The van der Waals surface area contributed by atoms with Crippen molar-refractivity contribution in [1.29, 1.82) is 5.26 Å². The number of nitrogens with zero attached hydrogens (tertiary/aromatic N) is 3. The summed E-state index contributed by atoms with van der Waals surface area (Å²) in [5.41, 5.74) is 5.54. The van der Waals surface area contributed by atoms with E-state index in [0.29, 0.717) is 28.2 Å². The molecule has 1 aliphatic heterocycles. The summed E-state index contributed by atoms with van der Waals surface area (Å²) < 4.78 is 6.33. The third kappa shape index (κ3) is 5.20. The van der Waals surface area contributed by atoms with Gasteiger partial charge in [0.15, 0.2) is 0 Å². The molecule has 3 aromatic carbocycles. The number of hydrogen-bond donors (Lipinski definition) is 1. The van der Waals surface area contributed by atoms with Crippen molar-refractivity contribution >= 4 is 34.2 Å². The van der Waals surface area contributed by atoms with E-state index in [1.807, 2.05) is 24.3 Å². The van der Waals surface area contributed by atoms with Crippen LogP contribution in [0.4, 0.5) is 0 Å². The second kappa shape index (κ2) is 10.0. The number of benzene rings is 3. The zero-order chi connectivity index (χ0) is 25.4. The molecule has 1 N–H and O–H groups in total. The van der Waals surface area contributed by atoms with Gasteiger partial charge in [0.2, 0.25) is 0 Å². The highest BCUT2D eigenvalue weighted by molar-refractivity contribution is 6.42. The van der Waals surface area contributed by atoms with Crippen LogP contribution >= 0.6 is 23.2 Å². The van der Waals surface area contributed by atoms with E-state index in [9.17, 15) is 5.26 Å². The largest absolute Gasteiger partial charge is 0.464 e. The van der Waals surface area contributed by atoms with E-state index in [-0.39, 0.29) is 5.41 Å². The average Bonchev–Trinajstić information content (AvgIpc) is 3.66. The number of hydrogen-bond acceptors (Lipinski definition) is 4. The van der Waals surface area contributed by atoms with Crippen LogP contribution in [0.2, 0.25) is 10.0 Å². The molecule has 188 valence electrons. The maximum Gasteiger partial charge on any atom is 0.294 e. The second-order valence-corrected chi connectivity index (χ2v) is 11.2. The Morgan fingerprint density at radius 1 is 1.00 bits per heavy atom. The van der Waals surface area contributed by atoms with Gasteiger partial charge in [0.25, 0.3) is 6.01 Å². The molecule has 6 rings (SSSR count). The Labute approximate surface area is 227 Å². The van der Waals surface area contributed by atoms with Gasteiger partial charge in [-0.2, -0.15) is 10.2 Å². The number of aromatic amines is 1. The van der Waals surface area contributed by atoms with Crippen LogP contribution in [-0.4, -0.2) is 41.1 Å². The SMILES string of the molecule is N#Cc1cccc(-c2ccc(C3(COc4nc5cc(Cl)c(Cl)cc5[nH]4)CCN(CC4CC4)CC3)cc2)c1. The molecule has 7 heteroatoms. The number of likely N-dealkylation sites (tertiary alicyclic amines) is 1. The number of imidazole rings is 1. The fourth-order valence-corrected chi connectivity index (χ4v) is 5.71. The van der Waals surface area contributed by atoms with Crippen molar-refractivity contribution in [2.75, 3.05) is 26.2 Å².